The van der Waals surface area contributed by atoms with Gasteiger partial charge in [0.05, 0.1) is 17.7 Å². The first-order valence-corrected chi connectivity index (χ1v) is 7.89. The van der Waals surface area contributed by atoms with Crippen molar-refractivity contribution in [2.45, 2.75) is 39.2 Å². The van der Waals surface area contributed by atoms with Gasteiger partial charge in [0.2, 0.25) is 11.9 Å². The van der Waals surface area contributed by atoms with Gasteiger partial charge in [0.1, 0.15) is 5.82 Å². The van der Waals surface area contributed by atoms with E-state index >= 15 is 0 Å². The second-order valence-corrected chi connectivity index (χ2v) is 6.52. The normalized spacial score (nSPS) is 29.7. The van der Waals surface area contributed by atoms with E-state index < -0.39 is 0 Å². The highest BCUT2D eigenvalue weighted by atomic mass is 16.2. The summed E-state index contributed by atoms with van der Waals surface area (Å²) in [6.07, 6.45) is 6.94. The van der Waals surface area contributed by atoms with E-state index in [-0.39, 0.29) is 23.8 Å². The molecule has 1 aliphatic carbocycles. The van der Waals surface area contributed by atoms with Gasteiger partial charge in [-0.1, -0.05) is 13.0 Å². The molecule has 0 aromatic carbocycles. The molecule has 22 heavy (non-hydrogen) atoms. The lowest BCUT2D eigenvalue weighted by Gasteiger charge is -2.24. The van der Waals surface area contributed by atoms with Gasteiger partial charge >= 0.3 is 0 Å². The Hall–Kier alpha value is -2.18. The van der Waals surface area contributed by atoms with Crippen LogP contribution < -0.4 is 10.7 Å². The van der Waals surface area contributed by atoms with Crippen molar-refractivity contribution in [2.24, 2.45) is 22.9 Å². The molecule has 1 aromatic rings. The maximum Gasteiger partial charge on any atom is 0.249 e. The predicted octanol–water partition coefficient (Wildman–Crippen LogP) is 1.25. The molecule has 3 aliphatic rings. The summed E-state index contributed by atoms with van der Waals surface area (Å²) in [5.41, 5.74) is 4.16. The van der Waals surface area contributed by atoms with Crippen molar-refractivity contribution in [3.8, 4) is 0 Å². The van der Waals surface area contributed by atoms with Crippen LogP contribution in [-0.4, -0.2) is 32.9 Å². The molecule has 3 heterocycles. The molecule has 1 saturated carbocycles. The number of hydrogen-bond donors (Lipinski definition) is 2. The zero-order chi connectivity index (χ0) is 15.3. The summed E-state index contributed by atoms with van der Waals surface area (Å²) in [7, 11) is 0. The van der Waals surface area contributed by atoms with Crippen molar-refractivity contribution >= 4 is 23.8 Å². The van der Waals surface area contributed by atoms with Gasteiger partial charge in [-0.25, -0.2) is 4.68 Å². The van der Waals surface area contributed by atoms with Gasteiger partial charge in [0, 0.05) is 18.6 Å². The van der Waals surface area contributed by atoms with Gasteiger partial charge < -0.3 is 5.43 Å². The van der Waals surface area contributed by atoms with Gasteiger partial charge in [-0.05, 0) is 25.7 Å². The Labute approximate surface area is 128 Å². The summed E-state index contributed by atoms with van der Waals surface area (Å²) >= 11 is 0. The number of aromatic nitrogens is 3. The topological polar surface area (TPSA) is 84.2 Å². The molecule has 7 nitrogen and oxygen atoms in total. The minimum absolute atomic E-state index is 0.0407. The number of nitrogens with zero attached hydrogens (tertiary/aromatic N) is 4. The highest BCUT2D eigenvalue weighted by molar-refractivity contribution is 5.92. The summed E-state index contributed by atoms with van der Waals surface area (Å²) < 4.78 is 1.88. The molecule has 1 fully saturated rings. The van der Waals surface area contributed by atoms with Crippen LogP contribution in [0.1, 0.15) is 32.5 Å². The van der Waals surface area contributed by atoms with Crippen molar-refractivity contribution < 1.29 is 4.79 Å². The Morgan fingerprint density at radius 1 is 1.41 bits per heavy atom. The molecule has 4 rings (SSSR count). The van der Waals surface area contributed by atoms with E-state index in [2.05, 4.69) is 45.9 Å². The van der Waals surface area contributed by atoms with E-state index in [4.69, 9.17) is 0 Å². The first-order valence-electron chi connectivity index (χ1n) is 7.89. The average Bonchev–Trinajstić information content (AvgIpc) is 3.13. The van der Waals surface area contributed by atoms with E-state index in [9.17, 15) is 4.79 Å². The molecule has 7 heteroatoms. The van der Waals surface area contributed by atoms with Crippen LogP contribution in [0, 0.1) is 17.8 Å². The van der Waals surface area contributed by atoms with Gasteiger partial charge in [-0.3, -0.25) is 10.1 Å². The van der Waals surface area contributed by atoms with Crippen LogP contribution in [0.2, 0.25) is 0 Å². The van der Waals surface area contributed by atoms with Crippen LogP contribution >= 0.6 is 0 Å². The van der Waals surface area contributed by atoms with Gasteiger partial charge in [0.25, 0.3) is 0 Å². The Kier molecular flexibility index (Phi) is 3.02. The summed E-state index contributed by atoms with van der Waals surface area (Å²) in [5, 5.41) is 11.5. The zero-order valence-electron chi connectivity index (χ0n) is 12.8. The third-order valence-corrected chi connectivity index (χ3v) is 4.46. The molecule has 3 atom stereocenters. The molecule has 0 spiro atoms. The molecule has 1 aromatic heterocycles. The molecule has 2 N–H and O–H groups in total. The number of allylic oxidation sites excluding steroid dienone is 1. The van der Waals surface area contributed by atoms with Crippen LogP contribution in [0.4, 0.5) is 5.95 Å². The number of amides is 1. The van der Waals surface area contributed by atoms with Crippen molar-refractivity contribution in [3.63, 3.8) is 0 Å². The number of fused-ring (bicyclic) bond motifs is 1. The highest BCUT2D eigenvalue weighted by Crippen LogP contribution is 2.32. The van der Waals surface area contributed by atoms with E-state index in [1.165, 1.54) is 0 Å². The van der Waals surface area contributed by atoms with Crippen LogP contribution in [0.3, 0.4) is 0 Å². The minimum atomic E-state index is 0.0407. The number of nitrogens with one attached hydrogen (secondary N) is 2. The fourth-order valence-electron chi connectivity index (χ4n) is 3.04. The fourth-order valence-corrected chi connectivity index (χ4v) is 3.04. The van der Waals surface area contributed by atoms with E-state index in [0.717, 1.165) is 30.8 Å². The summed E-state index contributed by atoms with van der Waals surface area (Å²) in [4.78, 5) is 16.4. The van der Waals surface area contributed by atoms with Gasteiger partial charge in [-0.2, -0.15) is 10.1 Å². The number of hydrazone groups is 1. The number of carbonyl (C=O) groups is 1. The standard InChI is InChI=1S/C15H20N6O/c1-8-5-12(11-7-16-19-9(11)2)21-13(6-8)17-15(20-21)18-14(22)10-3-4-10/h5,7-11,19H,3-4,6H2,1-2H3,(H,18,20,22). The van der Waals surface area contributed by atoms with Crippen molar-refractivity contribution in [1.29, 1.82) is 0 Å². The highest BCUT2D eigenvalue weighted by Gasteiger charge is 2.33. The number of anilines is 1. The second-order valence-electron chi connectivity index (χ2n) is 6.52. The molecule has 3 unspecified atom stereocenters. The molecule has 0 saturated heterocycles. The molecular weight excluding hydrogens is 280 g/mol. The fraction of sp³-hybridized carbons (Fsp3) is 0.600. The summed E-state index contributed by atoms with van der Waals surface area (Å²) in [5.74, 6) is 2.10. The summed E-state index contributed by atoms with van der Waals surface area (Å²) in [6, 6.07) is 0.234. The van der Waals surface area contributed by atoms with Crippen LogP contribution in [-0.2, 0) is 11.2 Å². The molecule has 116 valence electrons. The van der Waals surface area contributed by atoms with Crippen molar-refractivity contribution in [2.75, 3.05) is 5.32 Å². The smallest absolute Gasteiger partial charge is 0.249 e. The van der Waals surface area contributed by atoms with Crippen molar-refractivity contribution in [3.05, 3.63) is 11.9 Å². The molecule has 2 aliphatic heterocycles. The molecule has 1 amide bonds. The van der Waals surface area contributed by atoms with Crippen LogP contribution in [0.25, 0.3) is 5.70 Å². The number of rotatable bonds is 3. The lowest BCUT2D eigenvalue weighted by molar-refractivity contribution is -0.117. The Morgan fingerprint density at radius 3 is 2.91 bits per heavy atom. The lowest BCUT2D eigenvalue weighted by atomic mass is 9.93. The first kappa shape index (κ1) is 13.5. The monoisotopic (exact) mass is 300 g/mol. The largest absolute Gasteiger partial charge is 0.307 e. The predicted molar refractivity (Wildman–Crippen MR) is 83.1 cm³/mol. The quantitative estimate of drug-likeness (QED) is 0.880. The molecular formula is C15H20N6O. The third-order valence-electron chi connectivity index (χ3n) is 4.46. The maximum absolute atomic E-state index is 11.9. The van der Waals surface area contributed by atoms with E-state index in [0.29, 0.717) is 11.9 Å². The van der Waals surface area contributed by atoms with Crippen LogP contribution in [0.5, 0.6) is 0 Å². The van der Waals surface area contributed by atoms with E-state index in [1.54, 1.807) is 0 Å². The Bertz CT molecular complexity index is 672. The van der Waals surface area contributed by atoms with Gasteiger partial charge in [-0.15, -0.1) is 5.10 Å². The maximum atomic E-state index is 11.9. The lowest BCUT2D eigenvalue weighted by Crippen LogP contribution is -2.29. The average molecular weight is 300 g/mol. The first-order chi connectivity index (χ1) is 10.6. The third kappa shape index (κ3) is 2.30. The minimum Gasteiger partial charge on any atom is -0.307 e. The van der Waals surface area contributed by atoms with E-state index in [1.807, 2.05) is 10.9 Å². The second kappa shape index (κ2) is 4.93. The van der Waals surface area contributed by atoms with Crippen molar-refractivity contribution in [1.82, 2.24) is 20.2 Å². The Morgan fingerprint density at radius 2 is 2.23 bits per heavy atom. The van der Waals surface area contributed by atoms with Crippen LogP contribution in [0.15, 0.2) is 11.2 Å². The SMILES string of the molecule is CC1C=C(C2C=NNC2C)n2nc(NC(=O)C3CC3)nc2C1. The number of hydrogen-bond acceptors (Lipinski definition) is 5. The Balaban J connectivity index is 1.63. The number of carbonyl (C=O) groups excluding carboxylic acids is 1. The zero-order valence-corrected chi connectivity index (χ0v) is 12.8. The molecule has 0 bridgehead atoms. The molecule has 0 radical (unpaired) electrons. The summed E-state index contributed by atoms with van der Waals surface area (Å²) in [6.45, 7) is 4.27. The van der Waals surface area contributed by atoms with Gasteiger partial charge in [0.15, 0.2) is 0 Å².